The van der Waals surface area contributed by atoms with Gasteiger partial charge in [0.05, 0.1) is 12.7 Å². The molecule has 1 rings (SSSR count). The molecule has 3 heteroatoms. The van der Waals surface area contributed by atoms with E-state index in [-0.39, 0.29) is 6.61 Å². The summed E-state index contributed by atoms with van der Waals surface area (Å²) in [5.74, 6) is 11.2. The number of hydrogen-bond acceptors (Lipinski definition) is 3. The molecule has 0 heterocycles. The van der Waals surface area contributed by atoms with Gasteiger partial charge in [-0.3, -0.25) is 4.84 Å². The van der Waals surface area contributed by atoms with Crippen LogP contribution in [0.2, 0.25) is 0 Å². The van der Waals surface area contributed by atoms with Crippen LogP contribution in [0.15, 0.2) is 24.3 Å². The van der Waals surface area contributed by atoms with Gasteiger partial charge in [-0.25, -0.2) is 5.90 Å². The summed E-state index contributed by atoms with van der Waals surface area (Å²) in [6.07, 6.45) is 0. The van der Waals surface area contributed by atoms with Gasteiger partial charge in [0.15, 0.2) is 0 Å². The third kappa shape index (κ3) is 2.79. The van der Waals surface area contributed by atoms with Gasteiger partial charge in [0.25, 0.3) is 0 Å². The van der Waals surface area contributed by atoms with Crippen molar-refractivity contribution in [3.63, 3.8) is 0 Å². The SMILES string of the molecule is COc1ccccc1C#CCON. The van der Waals surface area contributed by atoms with Crippen LogP contribution in [0.1, 0.15) is 5.56 Å². The summed E-state index contributed by atoms with van der Waals surface area (Å²) in [7, 11) is 1.61. The Morgan fingerprint density at radius 2 is 2.15 bits per heavy atom. The maximum absolute atomic E-state index is 5.10. The molecule has 0 unspecified atom stereocenters. The van der Waals surface area contributed by atoms with Gasteiger partial charge in [-0.15, -0.1) is 0 Å². The van der Waals surface area contributed by atoms with E-state index < -0.39 is 0 Å². The second-order valence-electron chi connectivity index (χ2n) is 2.31. The van der Waals surface area contributed by atoms with Crippen LogP contribution in [0.3, 0.4) is 0 Å². The molecule has 3 nitrogen and oxygen atoms in total. The molecule has 0 amide bonds. The van der Waals surface area contributed by atoms with Crippen molar-refractivity contribution in [2.75, 3.05) is 13.7 Å². The van der Waals surface area contributed by atoms with Crippen molar-refractivity contribution in [3.05, 3.63) is 29.8 Å². The van der Waals surface area contributed by atoms with E-state index in [4.69, 9.17) is 10.6 Å². The van der Waals surface area contributed by atoms with Gasteiger partial charge >= 0.3 is 0 Å². The molecule has 0 bridgehead atoms. The monoisotopic (exact) mass is 177 g/mol. The zero-order chi connectivity index (χ0) is 9.52. The zero-order valence-corrected chi connectivity index (χ0v) is 7.41. The molecule has 0 aliphatic carbocycles. The first-order chi connectivity index (χ1) is 6.38. The van der Waals surface area contributed by atoms with Crippen molar-refractivity contribution in [2.45, 2.75) is 0 Å². The van der Waals surface area contributed by atoms with Crippen LogP contribution in [0, 0.1) is 11.8 Å². The molecule has 2 N–H and O–H groups in total. The van der Waals surface area contributed by atoms with Crippen LogP contribution in [0.25, 0.3) is 0 Å². The van der Waals surface area contributed by atoms with Crippen LogP contribution >= 0.6 is 0 Å². The topological polar surface area (TPSA) is 44.5 Å². The Hall–Kier alpha value is -1.50. The van der Waals surface area contributed by atoms with Crippen molar-refractivity contribution in [2.24, 2.45) is 5.90 Å². The van der Waals surface area contributed by atoms with Crippen molar-refractivity contribution < 1.29 is 9.57 Å². The summed E-state index contributed by atoms with van der Waals surface area (Å²) in [5.41, 5.74) is 0.835. The Bertz CT molecular complexity index is 325. The number of methoxy groups -OCH3 is 1. The average molecular weight is 177 g/mol. The van der Waals surface area contributed by atoms with E-state index in [0.29, 0.717) is 0 Å². The third-order valence-electron chi connectivity index (χ3n) is 1.49. The minimum Gasteiger partial charge on any atom is -0.495 e. The van der Waals surface area contributed by atoms with E-state index in [0.717, 1.165) is 11.3 Å². The molecule has 0 atom stereocenters. The minimum atomic E-state index is 0.220. The van der Waals surface area contributed by atoms with E-state index in [2.05, 4.69) is 16.7 Å². The van der Waals surface area contributed by atoms with Crippen LogP contribution in [-0.4, -0.2) is 13.7 Å². The standard InChI is InChI=1S/C10H11NO2/c1-12-10-7-3-2-5-9(10)6-4-8-13-11/h2-3,5,7H,8,11H2,1H3. The highest BCUT2D eigenvalue weighted by atomic mass is 16.6. The van der Waals surface area contributed by atoms with Gasteiger partial charge < -0.3 is 4.74 Å². The highest BCUT2D eigenvalue weighted by molar-refractivity contribution is 5.45. The molecule has 0 saturated carbocycles. The van der Waals surface area contributed by atoms with Crippen LogP contribution in [-0.2, 0) is 4.84 Å². The lowest BCUT2D eigenvalue weighted by Gasteiger charge is -2.00. The van der Waals surface area contributed by atoms with E-state index >= 15 is 0 Å². The first-order valence-corrected chi connectivity index (χ1v) is 3.82. The van der Waals surface area contributed by atoms with Gasteiger partial charge in [0.2, 0.25) is 0 Å². The van der Waals surface area contributed by atoms with Crippen LogP contribution in [0.5, 0.6) is 5.75 Å². The highest BCUT2D eigenvalue weighted by Crippen LogP contribution is 2.15. The molecule has 0 aliphatic rings. The number of rotatable bonds is 2. The fraction of sp³-hybridized carbons (Fsp3) is 0.200. The Morgan fingerprint density at radius 3 is 2.85 bits per heavy atom. The Balaban J connectivity index is 2.82. The molecule has 0 fully saturated rings. The fourth-order valence-corrected chi connectivity index (χ4v) is 0.921. The quantitative estimate of drug-likeness (QED) is 0.540. The number of ether oxygens (including phenoxy) is 1. The number of benzene rings is 1. The van der Waals surface area contributed by atoms with E-state index in [9.17, 15) is 0 Å². The average Bonchev–Trinajstić information content (AvgIpc) is 2.19. The highest BCUT2D eigenvalue weighted by Gasteiger charge is 1.95. The maximum Gasteiger partial charge on any atom is 0.134 e. The summed E-state index contributed by atoms with van der Waals surface area (Å²) in [6, 6.07) is 7.52. The summed E-state index contributed by atoms with van der Waals surface area (Å²) < 4.78 is 5.10. The van der Waals surface area contributed by atoms with E-state index in [1.807, 2.05) is 24.3 Å². The lowest BCUT2D eigenvalue weighted by Crippen LogP contribution is -1.97. The normalized spacial score (nSPS) is 8.77. The van der Waals surface area contributed by atoms with Gasteiger partial charge in [-0.2, -0.15) is 0 Å². The summed E-state index contributed by atoms with van der Waals surface area (Å²) >= 11 is 0. The molecule has 1 aromatic carbocycles. The Labute approximate surface area is 77.4 Å². The molecule has 0 radical (unpaired) electrons. The number of para-hydroxylation sites is 1. The van der Waals surface area contributed by atoms with Gasteiger partial charge in [0, 0.05) is 0 Å². The molecule has 13 heavy (non-hydrogen) atoms. The molecular formula is C10H11NO2. The predicted octanol–water partition coefficient (Wildman–Crippen LogP) is 0.937. The lowest BCUT2D eigenvalue weighted by molar-refractivity contribution is 0.173. The molecule has 0 saturated heterocycles. The number of nitrogens with two attached hydrogens (primary N) is 1. The van der Waals surface area contributed by atoms with Crippen molar-refractivity contribution in [1.29, 1.82) is 0 Å². The first-order valence-electron chi connectivity index (χ1n) is 3.82. The Kier molecular flexibility index (Phi) is 3.83. The molecular weight excluding hydrogens is 166 g/mol. The fourth-order valence-electron chi connectivity index (χ4n) is 0.921. The predicted molar refractivity (Wildman–Crippen MR) is 50.0 cm³/mol. The molecule has 0 aliphatic heterocycles. The van der Waals surface area contributed by atoms with Gasteiger partial charge in [-0.1, -0.05) is 24.0 Å². The molecule has 1 aromatic rings. The third-order valence-corrected chi connectivity index (χ3v) is 1.49. The molecule has 0 aromatic heterocycles. The van der Waals surface area contributed by atoms with Gasteiger partial charge in [-0.05, 0) is 12.1 Å². The van der Waals surface area contributed by atoms with Crippen molar-refractivity contribution in [3.8, 4) is 17.6 Å². The summed E-state index contributed by atoms with van der Waals surface area (Å²) in [6.45, 7) is 0.220. The summed E-state index contributed by atoms with van der Waals surface area (Å²) in [5, 5.41) is 0. The van der Waals surface area contributed by atoms with Crippen LogP contribution in [0.4, 0.5) is 0 Å². The largest absolute Gasteiger partial charge is 0.495 e. The van der Waals surface area contributed by atoms with Crippen molar-refractivity contribution in [1.82, 2.24) is 0 Å². The Morgan fingerprint density at radius 1 is 1.38 bits per heavy atom. The van der Waals surface area contributed by atoms with Crippen molar-refractivity contribution >= 4 is 0 Å². The smallest absolute Gasteiger partial charge is 0.134 e. The van der Waals surface area contributed by atoms with E-state index in [1.165, 1.54) is 0 Å². The number of hydrogen-bond donors (Lipinski definition) is 1. The van der Waals surface area contributed by atoms with Gasteiger partial charge in [0.1, 0.15) is 12.4 Å². The molecule has 68 valence electrons. The minimum absolute atomic E-state index is 0.220. The van der Waals surface area contributed by atoms with Crippen LogP contribution < -0.4 is 10.6 Å². The maximum atomic E-state index is 5.10. The molecule has 0 spiro atoms. The van der Waals surface area contributed by atoms with E-state index in [1.54, 1.807) is 7.11 Å². The zero-order valence-electron chi connectivity index (χ0n) is 7.41. The first kappa shape index (κ1) is 9.59. The second-order valence-corrected chi connectivity index (χ2v) is 2.31. The second kappa shape index (κ2) is 5.20. The summed E-state index contributed by atoms with van der Waals surface area (Å²) in [4.78, 5) is 4.32. The lowest BCUT2D eigenvalue weighted by atomic mass is 10.2.